The van der Waals surface area contributed by atoms with Crippen LogP contribution in [0.1, 0.15) is 26.7 Å². The van der Waals surface area contributed by atoms with Gasteiger partial charge in [0.1, 0.15) is 0 Å². The molecule has 2 unspecified atom stereocenters. The first-order valence-corrected chi connectivity index (χ1v) is 5.21. The molecule has 0 rings (SSSR count). The quantitative estimate of drug-likeness (QED) is 0.654. The molecule has 0 aromatic carbocycles. The van der Waals surface area contributed by atoms with Gasteiger partial charge in [-0.2, -0.15) is 0 Å². The Bertz CT molecular complexity index is 102. The molecule has 3 heteroatoms. The van der Waals surface area contributed by atoms with Gasteiger partial charge in [0, 0.05) is 28.3 Å². The zero-order valence-corrected chi connectivity index (χ0v) is 7.62. The fourth-order valence-corrected chi connectivity index (χ4v) is 2.15. The molecule has 0 heterocycles. The monoisotopic (exact) mass is 163 g/mol. The molecular weight excluding hydrogens is 146 g/mol. The van der Waals surface area contributed by atoms with Gasteiger partial charge in [0.05, 0.1) is 0 Å². The summed E-state index contributed by atoms with van der Waals surface area (Å²) in [6, 6.07) is 0. The van der Waals surface area contributed by atoms with Crippen molar-refractivity contribution >= 4 is 10.8 Å². The maximum absolute atomic E-state index is 11.2. The van der Waals surface area contributed by atoms with E-state index >= 15 is 0 Å². The zero-order valence-electron chi connectivity index (χ0n) is 6.80. The average Bonchev–Trinajstić information content (AvgIpc) is 1.91. The van der Waals surface area contributed by atoms with E-state index in [1.807, 2.05) is 13.8 Å². The summed E-state index contributed by atoms with van der Waals surface area (Å²) in [6.07, 6.45) is 1.92. The van der Waals surface area contributed by atoms with E-state index in [2.05, 4.69) is 0 Å². The van der Waals surface area contributed by atoms with Gasteiger partial charge in [-0.1, -0.05) is 13.8 Å². The minimum Gasteiger partial charge on any atom is -0.329 e. The highest BCUT2D eigenvalue weighted by molar-refractivity contribution is 7.85. The average molecular weight is 163 g/mol. The van der Waals surface area contributed by atoms with Gasteiger partial charge in [0.25, 0.3) is 0 Å². The number of nitrogens with two attached hydrogens (primary N) is 1. The van der Waals surface area contributed by atoms with Crippen LogP contribution in [-0.2, 0) is 10.8 Å². The van der Waals surface area contributed by atoms with E-state index in [0.717, 1.165) is 18.6 Å². The van der Waals surface area contributed by atoms with Crippen LogP contribution in [-0.4, -0.2) is 21.8 Å². The van der Waals surface area contributed by atoms with Crippen LogP contribution in [0, 0.1) is 0 Å². The first-order chi connectivity index (χ1) is 4.76. The fourth-order valence-electron chi connectivity index (χ4n) is 0.828. The lowest BCUT2D eigenvalue weighted by atomic mass is 10.3. The van der Waals surface area contributed by atoms with Crippen LogP contribution in [0.2, 0.25) is 0 Å². The fraction of sp³-hybridized carbons (Fsp3) is 1.00. The zero-order chi connectivity index (χ0) is 7.98. The maximum atomic E-state index is 11.2. The lowest BCUT2D eigenvalue weighted by Crippen LogP contribution is -2.25. The number of rotatable bonds is 5. The SMILES string of the molecule is CCCS(=O)C(CC)CN. The first kappa shape index (κ1) is 10.1. The van der Waals surface area contributed by atoms with E-state index in [-0.39, 0.29) is 5.25 Å². The van der Waals surface area contributed by atoms with Crippen molar-refractivity contribution in [3.63, 3.8) is 0 Å². The third-order valence-corrected chi connectivity index (χ3v) is 3.58. The molecule has 0 saturated carbocycles. The normalized spacial score (nSPS) is 16.7. The Morgan fingerprint density at radius 1 is 1.50 bits per heavy atom. The number of hydrogen-bond donors (Lipinski definition) is 1. The Morgan fingerprint density at radius 3 is 2.40 bits per heavy atom. The summed E-state index contributed by atoms with van der Waals surface area (Å²) in [7, 11) is -0.683. The summed E-state index contributed by atoms with van der Waals surface area (Å²) < 4.78 is 11.2. The molecule has 0 radical (unpaired) electrons. The van der Waals surface area contributed by atoms with E-state index in [4.69, 9.17) is 5.73 Å². The maximum Gasteiger partial charge on any atom is 0.0467 e. The molecule has 0 saturated heterocycles. The molecule has 62 valence electrons. The molecule has 2 N–H and O–H groups in total. The summed E-state index contributed by atoms with van der Waals surface area (Å²) in [5.41, 5.74) is 5.42. The third kappa shape index (κ3) is 3.32. The molecule has 2 nitrogen and oxygen atoms in total. The summed E-state index contributed by atoms with van der Waals surface area (Å²) in [4.78, 5) is 0. The highest BCUT2D eigenvalue weighted by atomic mass is 32.2. The third-order valence-electron chi connectivity index (χ3n) is 1.50. The summed E-state index contributed by atoms with van der Waals surface area (Å²) in [6.45, 7) is 4.63. The first-order valence-electron chi connectivity index (χ1n) is 3.83. The van der Waals surface area contributed by atoms with Crippen molar-refractivity contribution in [3.05, 3.63) is 0 Å². The predicted octanol–water partition coefficient (Wildman–Crippen LogP) is 0.882. The highest BCUT2D eigenvalue weighted by Crippen LogP contribution is 2.01. The van der Waals surface area contributed by atoms with Crippen LogP contribution in [0.3, 0.4) is 0 Å². The van der Waals surface area contributed by atoms with Gasteiger partial charge >= 0.3 is 0 Å². The highest BCUT2D eigenvalue weighted by Gasteiger charge is 2.10. The second-order valence-electron chi connectivity index (χ2n) is 2.35. The van der Waals surface area contributed by atoms with Crippen LogP contribution >= 0.6 is 0 Å². The molecule has 0 aromatic rings. The van der Waals surface area contributed by atoms with Crippen molar-refractivity contribution in [1.82, 2.24) is 0 Å². The van der Waals surface area contributed by atoms with Gasteiger partial charge in [0.15, 0.2) is 0 Å². The topological polar surface area (TPSA) is 43.1 Å². The minimum atomic E-state index is -0.683. The van der Waals surface area contributed by atoms with Crippen molar-refractivity contribution < 1.29 is 4.21 Å². The molecule has 0 bridgehead atoms. The van der Waals surface area contributed by atoms with Crippen LogP contribution in [0.15, 0.2) is 0 Å². The van der Waals surface area contributed by atoms with Crippen LogP contribution in [0.4, 0.5) is 0 Å². The Hall–Kier alpha value is 0.110. The van der Waals surface area contributed by atoms with Crippen LogP contribution in [0.5, 0.6) is 0 Å². The van der Waals surface area contributed by atoms with Crippen LogP contribution in [0.25, 0.3) is 0 Å². The van der Waals surface area contributed by atoms with E-state index in [0.29, 0.717) is 6.54 Å². The Labute approximate surface area is 65.6 Å². The Morgan fingerprint density at radius 2 is 2.10 bits per heavy atom. The molecule has 0 fully saturated rings. The molecule has 10 heavy (non-hydrogen) atoms. The molecule has 2 atom stereocenters. The molecule has 0 aliphatic heterocycles. The smallest absolute Gasteiger partial charge is 0.0467 e. The Balaban J connectivity index is 3.65. The van der Waals surface area contributed by atoms with E-state index in [1.165, 1.54) is 0 Å². The second kappa shape index (κ2) is 5.86. The van der Waals surface area contributed by atoms with Crippen molar-refractivity contribution in [2.75, 3.05) is 12.3 Å². The van der Waals surface area contributed by atoms with Gasteiger partial charge in [-0.05, 0) is 12.8 Å². The lowest BCUT2D eigenvalue weighted by molar-refractivity contribution is 0.662. The van der Waals surface area contributed by atoms with Gasteiger partial charge in [-0.25, -0.2) is 0 Å². The predicted molar refractivity (Wildman–Crippen MR) is 46.4 cm³/mol. The molecule has 0 aliphatic carbocycles. The summed E-state index contributed by atoms with van der Waals surface area (Å²) in [5.74, 6) is 0.801. The lowest BCUT2D eigenvalue weighted by Gasteiger charge is -2.09. The molecule has 0 spiro atoms. The van der Waals surface area contributed by atoms with Gasteiger partial charge < -0.3 is 5.73 Å². The van der Waals surface area contributed by atoms with Gasteiger partial charge in [0.2, 0.25) is 0 Å². The Kier molecular flexibility index (Phi) is 5.93. The number of hydrogen-bond acceptors (Lipinski definition) is 2. The standard InChI is InChI=1S/C7H17NOS/c1-3-5-10(9)7(4-2)6-8/h7H,3-6,8H2,1-2H3. The summed E-state index contributed by atoms with van der Waals surface area (Å²) >= 11 is 0. The molecule has 0 aliphatic rings. The van der Waals surface area contributed by atoms with Gasteiger partial charge in [-0.3, -0.25) is 4.21 Å². The molecular formula is C7H17NOS. The van der Waals surface area contributed by atoms with Crippen LogP contribution < -0.4 is 5.73 Å². The minimum absolute atomic E-state index is 0.222. The van der Waals surface area contributed by atoms with Crippen molar-refractivity contribution in [2.45, 2.75) is 31.9 Å². The van der Waals surface area contributed by atoms with Crippen molar-refractivity contribution in [2.24, 2.45) is 5.73 Å². The molecule has 0 aromatic heterocycles. The molecule has 0 amide bonds. The van der Waals surface area contributed by atoms with Crippen molar-refractivity contribution in [3.8, 4) is 0 Å². The van der Waals surface area contributed by atoms with E-state index < -0.39 is 10.8 Å². The second-order valence-corrected chi connectivity index (χ2v) is 4.19. The van der Waals surface area contributed by atoms with E-state index in [1.54, 1.807) is 0 Å². The van der Waals surface area contributed by atoms with E-state index in [9.17, 15) is 4.21 Å². The summed E-state index contributed by atoms with van der Waals surface area (Å²) in [5, 5.41) is 0.222. The largest absolute Gasteiger partial charge is 0.329 e. The van der Waals surface area contributed by atoms with Gasteiger partial charge in [-0.15, -0.1) is 0 Å². The van der Waals surface area contributed by atoms with Crippen molar-refractivity contribution in [1.29, 1.82) is 0 Å².